The van der Waals surface area contributed by atoms with Crippen LogP contribution in [0.3, 0.4) is 0 Å². The molecule has 2 fully saturated rings. The summed E-state index contributed by atoms with van der Waals surface area (Å²) in [5, 5.41) is 12.0. The molecule has 10 heteroatoms. The quantitative estimate of drug-likeness (QED) is 0.678. The van der Waals surface area contributed by atoms with Crippen molar-refractivity contribution < 1.29 is 22.8 Å². The lowest BCUT2D eigenvalue weighted by Crippen LogP contribution is -2.43. The highest BCUT2D eigenvalue weighted by Gasteiger charge is 2.43. The number of carbonyl (C=O) groups excluding carboxylic acids is 2. The highest BCUT2D eigenvalue weighted by molar-refractivity contribution is 5.93. The number of rotatable bonds is 5. The molecule has 0 radical (unpaired) electrons. The number of anilines is 1. The fourth-order valence-corrected chi connectivity index (χ4v) is 5.36. The van der Waals surface area contributed by atoms with Crippen LogP contribution in [0.1, 0.15) is 41.3 Å². The maximum absolute atomic E-state index is 13.5. The van der Waals surface area contributed by atoms with Gasteiger partial charge >= 0.3 is 6.18 Å². The lowest BCUT2D eigenvalue weighted by molar-refractivity contribution is -0.137. The van der Waals surface area contributed by atoms with Gasteiger partial charge in [0.25, 0.3) is 5.91 Å². The lowest BCUT2D eigenvalue weighted by Gasteiger charge is -2.36. The molecule has 2 aliphatic heterocycles. The number of halogens is 3. The Hall–Kier alpha value is -3.61. The maximum Gasteiger partial charge on any atom is 0.417 e. The van der Waals surface area contributed by atoms with E-state index in [-0.39, 0.29) is 29.6 Å². The Balaban J connectivity index is 1.51. The molecule has 0 spiro atoms. The molecule has 2 amide bonds. The minimum Gasteiger partial charge on any atom is -0.370 e. The maximum atomic E-state index is 13.5. The molecule has 2 aliphatic rings. The number of alkyl halides is 3. The predicted octanol–water partition coefficient (Wildman–Crippen LogP) is 3.71. The monoisotopic (exact) mass is 499 g/mol. The van der Waals surface area contributed by atoms with E-state index in [0.29, 0.717) is 56.8 Å². The summed E-state index contributed by atoms with van der Waals surface area (Å²) >= 11 is 0. The van der Waals surface area contributed by atoms with Crippen molar-refractivity contribution in [3.8, 4) is 6.07 Å². The topological polar surface area (TPSA) is 89.3 Å². The van der Waals surface area contributed by atoms with Crippen molar-refractivity contribution in [3.05, 3.63) is 59.4 Å². The van der Waals surface area contributed by atoms with Gasteiger partial charge in [0.1, 0.15) is 0 Å². The zero-order chi connectivity index (χ0) is 25.9. The molecular formula is C26H28F3N5O2. The summed E-state index contributed by atoms with van der Waals surface area (Å²) in [6.07, 6.45) is -0.0704. The molecule has 7 nitrogen and oxygen atoms in total. The summed E-state index contributed by atoms with van der Waals surface area (Å²) < 4.78 is 40.6. The number of nitriles is 1. The second kappa shape index (κ2) is 10.6. The van der Waals surface area contributed by atoms with Gasteiger partial charge in [-0.25, -0.2) is 0 Å². The minimum atomic E-state index is -4.65. The highest BCUT2D eigenvalue weighted by Crippen LogP contribution is 2.40. The average Bonchev–Trinajstić information content (AvgIpc) is 3.34. The predicted molar refractivity (Wildman–Crippen MR) is 127 cm³/mol. The van der Waals surface area contributed by atoms with Crippen molar-refractivity contribution in [2.45, 2.75) is 25.9 Å². The van der Waals surface area contributed by atoms with Gasteiger partial charge in [0, 0.05) is 50.8 Å². The van der Waals surface area contributed by atoms with Crippen molar-refractivity contribution in [3.63, 3.8) is 0 Å². The first-order chi connectivity index (χ1) is 17.2. The van der Waals surface area contributed by atoms with Crippen LogP contribution in [0.5, 0.6) is 0 Å². The number of amides is 2. The number of aromatic nitrogens is 1. The molecule has 1 aromatic carbocycles. The van der Waals surface area contributed by atoms with Crippen LogP contribution in [-0.2, 0) is 11.0 Å². The molecule has 3 heterocycles. The van der Waals surface area contributed by atoms with Crippen molar-refractivity contribution in [1.29, 1.82) is 5.26 Å². The number of hydrogen-bond donors (Lipinski definition) is 1. The van der Waals surface area contributed by atoms with Crippen molar-refractivity contribution >= 4 is 17.5 Å². The molecule has 36 heavy (non-hydrogen) atoms. The number of benzene rings is 1. The van der Waals surface area contributed by atoms with Gasteiger partial charge in [-0.1, -0.05) is 0 Å². The molecule has 4 rings (SSSR count). The van der Waals surface area contributed by atoms with Crippen LogP contribution in [0.2, 0.25) is 0 Å². The van der Waals surface area contributed by atoms with Gasteiger partial charge in [0.15, 0.2) is 0 Å². The van der Waals surface area contributed by atoms with Gasteiger partial charge in [-0.15, -0.1) is 0 Å². The number of carbonyl (C=O) groups is 2. The number of nitrogens with one attached hydrogen (secondary N) is 1. The Labute approximate surface area is 207 Å². The summed E-state index contributed by atoms with van der Waals surface area (Å²) in [7, 11) is 0. The van der Waals surface area contributed by atoms with Crippen LogP contribution in [-0.4, -0.2) is 54.4 Å². The van der Waals surface area contributed by atoms with E-state index in [1.807, 2.05) is 11.8 Å². The fraction of sp³-hybridized carbons (Fsp3) is 0.462. The molecule has 0 unspecified atom stereocenters. The Morgan fingerprint density at radius 3 is 2.56 bits per heavy atom. The molecular weight excluding hydrogens is 471 g/mol. The Morgan fingerprint density at radius 1 is 1.19 bits per heavy atom. The summed E-state index contributed by atoms with van der Waals surface area (Å²) in [4.78, 5) is 33.3. The van der Waals surface area contributed by atoms with E-state index in [9.17, 15) is 22.8 Å². The van der Waals surface area contributed by atoms with Crippen LogP contribution in [0.4, 0.5) is 18.9 Å². The zero-order valence-corrected chi connectivity index (χ0v) is 20.0. The van der Waals surface area contributed by atoms with Gasteiger partial charge in [-0.3, -0.25) is 14.6 Å². The molecule has 190 valence electrons. The van der Waals surface area contributed by atoms with Gasteiger partial charge in [-0.2, -0.15) is 18.4 Å². The van der Waals surface area contributed by atoms with E-state index in [2.05, 4.69) is 10.3 Å². The summed E-state index contributed by atoms with van der Waals surface area (Å²) in [5.41, 5.74) is -0.512. The Morgan fingerprint density at radius 2 is 1.94 bits per heavy atom. The molecule has 2 aromatic rings. The SMILES string of the molecule is CCNC(=O)[C@@H]1CN(c2ccc(C#N)c(C(F)(F)F)c2)C[C@H]1C1CCN(C(=O)c2cccnc2)CC1. The first-order valence-electron chi connectivity index (χ1n) is 12.1. The standard InChI is InChI=1S/C26H28F3N5O2/c1-2-32-24(35)22-16-34(20-6-5-18(13-30)23(12-20)26(27,28)29)15-21(22)17-7-10-33(11-8-17)25(36)19-4-3-9-31-14-19/h3-6,9,12,14,17,21-22H,2,7-8,10-11,15-16H2,1H3,(H,32,35)/t21-,22+/m0/s1. The summed E-state index contributed by atoms with van der Waals surface area (Å²) in [5.74, 6) is -0.464. The molecule has 0 saturated carbocycles. The van der Waals surface area contributed by atoms with E-state index < -0.39 is 17.3 Å². The molecule has 1 N–H and O–H groups in total. The van der Waals surface area contributed by atoms with Crippen LogP contribution in [0.15, 0.2) is 42.7 Å². The summed E-state index contributed by atoms with van der Waals surface area (Å²) in [6.45, 7) is 4.13. The Bertz CT molecular complexity index is 1140. The minimum absolute atomic E-state index is 0.0582. The van der Waals surface area contributed by atoms with E-state index >= 15 is 0 Å². The van der Waals surface area contributed by atoms with Crippen LogP contribution < -0.4 is 10.2 Å². The average molecular weight is 500 g/mol. The molecule has 0 aliphatic carbocycles. The Kier molecular flexibility index (Phi) is 7.48. The number of pyridine rings is 1. The first-order valence-corrected chi connectivity index (χ1v) is 12.1. The third-order valence-corrected chi connectivity index (χ3v) is 7.19. The second-order valence-electron chi connectivity index (χ2n) is 9.28. The van der Waals surface area contributed by atoms with Crippen LogP contribution >= 0.6 is 0 Å². The fourth-order valence-electron chi connectivity index (χ4n) is 5.36. The smallest absolute Gasteiger partial charge is 0.370 e. The van der Waals surface area contributed by atoms with Crippen molar-refractivity contribution in [2.24, 2.45) is 17.8 Å². The first kappa shape index (κ1) is 25.5. The lowest BCUT2D eigenvalue weighted by atomic mass is 9.78. The largest absolute Gasteiger partial charge is 0.417 e. The third-order valence-electron chi connectivity index (χ3n) is 7.19. The summed E-state index contributed by atoms with van der Waals surface area (Å²) in [6, 6.07) is 8.77. The van der Waals surface area contributed by atoms with Gasteiger partial charge in [0.05, 0.1) is 28.7 Å². The highest BCUT2D eigenvalue weighted by atomic mass is 19.4. The van der Waals surface area contributed by atoms with E-state index in [1.54, 1.807) is 35.5 Å². The van der Waals surface area contributed by atoms with Gasteiger partial charge < -0.3 is 15.1 Å². The molecule has 1 aromatic heterocycles. The number of piperidine rings is 1. The van der Waals surface area contributed by atoms with Crippen LogP contribution in [0, 0.1) is 29.1 Å². The number of nitrogens with zero attached hydrogens (tertiary/aromatic N) is 4. The van der Waals surface area contributed by atoms with Crippen molar-refractivity contribution in [1.82, 2.24) is 15.2 Å². The normalized spacial score (nSPS) is 20.8. The van der Waals surface area contributed by atoms with Gasteiger partial charge in [0.2, 0.25) is 5.91 Å². The van der Waals surface area contributed by atoms with Crippen molar-refractivity contribution in [2.75, 3.05) is 37.6 Å². The molecule has 2 atom stereocenters. The zero-order valence-electron chi connectivity index (χ0n) is 20.0. The molecule has 0 bridgehead atoms. The molecule has 2 saturated heterocycles. The third kappa shape index (κ3) is 5.30. The van der Waals surface area contributed by atoms with E-state index in [1.165, 1.54) is 12.1 Å². The van der Waals surface area contributed by atoms with E-state index in [0.717, 1.165) is 6.07 Å². The van der Waals surface area contributed by atoms with Crippen LogP contribution in [0.25, 0.3) is 0 Å². The second-order valence-corrected chi connectivity index (χ2v) is 9.28. The number of likely N-dealkylation sites (tertiary alicyclic amines) is 1. The van der Waals surface area contributed by atoms with Gasteiger partial charge in [-0.05, 0) is 61.9 Å². The van der Waals surface area contributed by atoms with E-state index in [4.69, 9.17) is 5.26 Å². The number of hydrogen-bond acceptors (Lipinski definition) is 5.